The van der Waals surface area contributed by atoms with Crippen LogP contribution in [-0.4, -0.2) is 60.5 Å². The van der Waals surface area contributed by atoms with Gasteiger partial charge in [-0.15, -0.1) is 11.3 Å². The van der Waals surface area contributed by atoms with E-state index in [1.54, 1.807) is 19.2 Å². The molecule has 0 N–H and O–H groups in total. The van der Waals surface area contributed by atoms with Crippen LogP contribution >= 0.6 is 22.9 Å². The van der Waals surface area contributed by atoms with Crippen LogP contribution in [0.4, 0.5) is 0 Å². The van der Waals surface area contributed by atoms with Gasteiger partial charge in [-0.05, 0) is 48.4 Å². The summed E-state index contributed by atoms with van der Waals surface area (Å²) >= 11 is 7.41. The van der Waals surface area contributed by atoms with Crippen LogP contribution in [0.5, 0.6) is 11.5 Å². The quantitative estimate of drug-likeness (QED) is 0.452. The molecular weight excluding hydrogens is 458 g/mol. The van der Waals surface area contributed by atoms with Crippen LogP contribution < -0.4 is 9.47 Å². The Bertz CT molecular complexity index is 1030. The zero-order chi connectivity index (χ0) is 23.0. The summed E-state index contributed by atoms with van der Waals surface area (Å²) in [6, 6.07) is 15.5. The van der Waals surface area contributed by atoms with Crippen molar-refractivity contribution in [2.24, 2.45) is 0 Å². The smallest absolute Gasteiger partial charge is 0.228 e. The van der Waals surface area contributed by atoms with E-state index in [1.807, 2.05) is 34.5 Å². The molecule has 174 valence electrons. The number of piperazine rings is 1. The number of ether oxygens (including phenoxy) is 2. The maximum Gasteiger partial charge on any atom is 0.228 e. The predicted octanol–water partition coefficient (Wildman–Crippen LogP) is 4.31. The number of halogens is 1. The first-order valence-corrected chi connectivity index (χ1v) is 12.3. The van der Waals surface area contributed by atoms with Gasteiger partial charge in [0.15, 0.2) is 0 Å². The Labute approximate surface area is 203 Å². The Balaban J connectivity index is 1.18. The number of carbonyl (C=O) groups excluding carboxylic acids is 1. The normalized spacial score (nSPS) is 14.3. The second-order valence-corrected chi connectivity index (χ2v) is 9.35. The fourth-order valence-electron chi connectivity index (χ4n) is 3.74. The Morgan fingerprint density at radius 1 is 1.03 bits per heavy atom. The van der Waals surface area contributed by atoms with Crippen LogP contribution in [-0.2, 0) is 24.2 Å². The van der Waals surface area contributed by atoms with Crippen molar-refractivity contribution in [3.63, 3.8) is 0 Å². The number of nitrogens with zero attached hydrogens (tertiary/aromatic N) is 3. The summed E-state index contributed by atoms with van der Waals surface area (Å²) in [6.07, 6.45) is 1.33. The van der Waals surface area contributed by atoms with Gasteiger partial charge >= 0.3 is 0 Å². The van der Waals surface area contributed by atoms with Crippen molar-refractivity contribution in [1.29, 1.82) is 0 Å². The molecular formula is C25H28ClN3O3S. The van der Waals surface area contributed by atoms with E-state index in [0.717, 1.165) is 61.3 Å². The third-order valence-corrected chi connectivity index (χ3v) is 6.83. The first-order valence-electron chi connectivity index (χ1n) is 11.0. The summed E-state index contributed by atoms with van der Waals surface area (Å²) in [6.45, 7) is 4.71. The molecule has 6 nitrogen and oxygen atoms in total. The second kappa shape index (κ2) is 11.5. The van der Waals surface area contributed by atoms with Crippen molar-refractivity contribution in [2.45, 2.75) is 19.4 Å². The molecule has 33 heavy (non-hydrogen) atoms. The molecule has 2 heterocycles. The largest absolute Gasteiger partial charge is 0.497 e. The fourth-order valence-corrected chi connectivity index (χ4v) is 4.57. The van der Waals surface area contributed by atoms with E-state index < -0.39 is 0 Å². The SMILES string of the molecule is COc1ccc(CCN2CCN(C(=O)Cc3csc(COc4ccc(Cl)cc4)n3)CC2)cc1. The Morgan fingerprint density at radius 2 is 1.73 bits per heavy atom. The molecule has 1 amide bonds. The molecule has 0 aliphatic carbocycles. The van der Waals surface area contributed by atoms with Crippen molar-refractivity contribution in [2.75, 3.05) is 39.8 Å². The molecule has 1 aliphatic heterocycles. The van der Waals surface area contributed by atoms with E-state index >= 15 is 0 Å². The van der Waals surface area contributed by atoms with Crippen molar-refractivity contribution >= 4 is 28.8 Å². The number of rotatable bonds is 9. The van der Waals surface area contributed by atoms with Gasteiger partial charge in [-0.25, -0.2) is 4.98 Å². The van der Waals surface area contributed by atoms with E-state index in [4.69, 9.17) is 21.1 Å². The van der Waals surface area contributed by atoms with Crippen molar-refractivity contribution in [3.8, 4) is 11.5 Å². The number of benzene rings is 2. The zero-order valence-corrected chi connectivity index (χ0v) is 20.3. The number of hydrogen-bond donors (Lipinski definition) is 0. The van der Waals surface area contributed by atoms with Crippen LogP contribution in [0.1, 0.15) is 16.3 Å². The number of aromatic nitrogens is 1. The summed E-state index contributed by atoms with van der Waals surface area (Å²) < 4.78 is 11.0. The van der Waals surface area contributed by atoms with E-state index in [2.05, 4.69) is 22.0 Å². The maximum absolute atomic E-state index is 12.8. The molecule has 1 saturated heterocycles. The van der Waals surface area contributed by atoms with Gasteiger partial charge in [0.05, 0.1) is 19.2 Å². The summed E-state index contributed by atoms with van der Waals surface area (Å²) in [5.74, 6) is 1.77. The van der Waals surface area contributed by atoms with Gasteiger partial charge in [0.25, 0.3) is 0 Å². The number of carbonyl (C=O) groups is 1. The lowest BCUT2D eigenvalue weighted by atomic mass is 10.1. The lowest BCUT2D eigenvalue weighted by Crippen LogP contribution is -2.49. The van der Waals surface area contributed by atoms with Crippen molar-refractivity contribution in [3.05, 3.63) is 75.2 Å². The first-order chi connectivity index (χ1) is 16.1. The highest BCUT2D eigenvalue weighted by Gasteiger charge is 2.21. The molecule has 0 bridgehead atoms. The van der Waals surface area contributed by atoms with Crippen LogP contribution in [0.15, 0.2) is 53.9 Å². The van der Waals surface area contributed by atoms with Gasteiger partial charge in [0, 0.05) is 43.1 Å². The third-order valence-electron chi connectivity index (χ3n) is 5.71. The highest BCUT2D eigenvalue weighted by Crippen LogP contribution is 2.19. The molecule has 0 spiro atoms. The topological polar surface area (TPSA) is 54.9 Å². The summed E-state index contributed by atoms with van der Waals surface area (Å²) in [7, 11) is 1.68. The van der Waals surface area contributed by atoms with Gasteiger partial charge in [-0.2, -0.15) is 0 Å². The second-order valence-electron chi connectivity index (χ2n) is 7.97. The number of thiazole rings is 1. The van der Waals surface area contributed by atoms with E-state index in [9.17, 15) is 4.79 Å². The van der Waals surface area contributed by atoms with Crippen molar-refractivity contribution < 1.29 is 14.3 Å². The minimum absolute atomic E-state index is 0.139. The van der Waals surface area contributed by atoms with Crippen LogP contribution in [0, 0.1) is 0 Å². The average Bonchev–Trinajstić information content (AvgIpc) is 3.30. The van der Waals surface area contributed by atoms with Gasteiger partial charge in [0.2, 0.25) is 5.91 Å². The molecule has 1 aromatic heterocycles. The molecule has 0 unspecified atom stereocenters. The molecule has 2 aromatic carbocycles. The molecule has 0 atom stereocenters. The van der Waals surface area contributed by atoms with E-state index in [1.165, 1.54) is 16.9 Å². The van der Waals surface area contributed by atoms with Gasteiger partial charge in [-0.3, -0.25) is 9.69 Å². The molecule has 4 rings (SSSR count). The van der Waals surface area contributed by atoms with Crippen LogP contribution in [0.25, 0.3) is 0 Å². The molecule has 8 heteroatoms. The minimum atomic E-state index is 0.139. The molecule has 0 saturated carbocycles. The van der Waals surface area contributed by atoms with Gasteiger partial charge in [0.1, 0.15) is 23.1 Å². The zero-order valence-electron chi connectivity index (χ0n) is 18.7. The average molecular weight is 486 g/mol. The molecule has 1 fully saturated rings. The number of hydrogen-bond acceptors (Lipinski definition) is 6. The van der Waals surface area contributed by atoms with Crippen LogP contribution in [0.2, 0.25) is 5.02 Å². The Hall–Kier alpha value is -2.61. The number of amides is 1. The standard InChI is InChI=1S/C25H28ClN3O3S/c1-31-22-6-2-19(3-7-22)10-11-28-12-14-29(15-13-28)25(30)16-21-18-33-24(27-21)17-32-23-8-4-20(26)5-9-23/h2-9,18H,10-17H2,1H3. The summed E-state index contributed by atoms with van der Waals surface area (Å²) in [5.41, 5.74) is 2.11. The highest BCUT2D eigenvalue weighted by molar-refractivity contribution is 7.09. The van der Waals surface area contributed by atoms with Gasteiger partial charge < -0.3 is 14.4 Å². The summed E-state index contributed by atoms with van der Waals surface area (Å²) in [5, 5.41) is 3.48. The maximum atomic E-state index is 12.8. The van der Waals surface area contributed by atoms with E-state index in [0.29, 0.717) is 18.1 Å². The Morgan fingerprint density at radius 3 is 2.42 bits per heavy atom. The predicted molar refractivity (Wildman–Crippen MR) is 131 cm³/mol. The van der Waals surface area contributed by atoms with Crippen LogP contribution in [0.3, 0.4) is 0 Å². The van der Waals surface area contributed by atoms with Gasteiger partial charge in [-0.1, -0.05) is 23.7 Å². The Kier molecular flexibility index (Phi) is 8.20. The monoisotopic (exact) mass is 485 g/mol. The minimum Gasteiger partial charge on any atom is -0.497 e. The summed E-state index contributed by atoms with van der Waals surface area (Å²) in [4.78, 5) is 21.7. The molecule has 1 aliphatic rings. The lowest BCUT2D eigenvalue weighted by molar-refractivity contribution is -0.132. The fraction of sp³-hybridized carbons (Fsp3) is 0.360. The third kappa shape index (κ3) is 6.93. The lowest BCUT2D eigenvalue weighted by Gasteiger charge is -2.34. The first kappa shape index (κ1) is 23.5. The number of methoxy groups -OCH3 is 1. The van der Waals surface area contributed by atoms with Crippen molar-refractivity contribution in [1.82, 2.24) is 14.8 Å². The molecule has 0 radical (unpaired) electrons. The molecule has 3 aromatic rings. The van der Waals surface area contributed by atoms with E-state index in [-0.39, 0.29) is 5.91 Å². The highest BCUT2D eigenvalue weighted by atomic mass is 35.5.